The Balaban J connectivity index is 2.23. The molecule has 1 aromatic carbocycles. The van der Waals surface area contributed by atoms with Gasteiger partial charge in [0.2, 0.25) is 0 Å². The van der Waals surface area contributed by atoms with Crippen LogP contribution in [0.25, 0.3) is 5.69 Å². The van der Waals surface area contributed by atoms with Crippen molar-refractivity contribution in [2.45, 2.75) is 32.7 Å². The third-order valence-corrected chi connectivity index (χ3v) is 3.91. The number of hydrogen-bond donors (Lipinski definition) is 2. The van der Waals surface area contributed by atoms with Crippen LogP contribution in [0.15, 0.2) is 30.6 Å². The molecule has 0 aliphatic heterocycles. The van der Waals surface area contributed by atoms with Crippen molar-refractivity contribution in [3.63, 3.8) is 0 Å². The van der Waals surface area contributed by atoms with Crippen molar-refractivity contribution in [2.24, 2.45) is 5.92 Å². The summed E-state index contributed by atoms with van der Waals surface area (Å²) in [5.74, 6) is -1.33. The van der Waals surface area contributed by atoms with Gasteiger partial charge in [-0.05, 0) is 41.5 Å². The van der Waals surface area contributed by atoms with E-state index in [4.69, 9.17) is 5.11 Å². The number of rotatable bonds is 6. The fourth-order valence-corrected chi connectivity index (χ4v) is 2.11. The van der Waals surface area contributed by atoms with E-state index < -0.39 is 11.5 Å². The van der Waals surface area contributed by atoms with Gasteiger partial charge in [-0.1, -0.05) is 19.9 Å². The van der Waals surface area contributed by atoms with Gasteiger partial charge >= 0.3 is 5.97 Å². The number of nitrogens with one attached hydrogen (secondary N) is 1. The van der Waals surface area contributed by atoms with Crippen molar-refractivity contribution in [3.8, 4) is 5.69 Å². The minimum absolute atomic E-state index is 0.0368. The second kappa shape index (κ2) is 6.55. The first kappa shape index (κ1) is 16.6. The summed E-state index contributed by atoms with van der Waals surface area (Å²) in [7, 11) is 0. The van der Waals surface area contributed by atoms with E-state index >= 15 is 0 Å². The lowest BCUT2D eigenvalue weighted by Crippen LogP contribution is -2.51. The maximum absolute atomic E-state index is 12.5. The first-order valence-electron chi connectivity index (χ1n) is 7.19. The third-order valence-electron chi connectivity index (χ3n) is 3.91. The average molecular weight is 317 g/mol. The number of carboxylic acids is 1. The SMILES string of the molecule is CC(C)C(C)(CC(=O)O)NC(=O)c1cccc(-n2cnnn2)c1. The highest BCUT2D eigenvalue weighted by atomic mass is 16.4. The number of nitrogens with zero attached hydrogens (tertiary/aromatic N) is 4. The number of amides is 1. The Morgan fingerprint density at radius 3 is 2.70 bits per heavy atom. The molecule has 0 radical (unpaired) electrons. The summed E-state index contributed by atoms with van der Waals surface area (Å²) in [5, 5.41) is 22.8. The molecule has 0 saturated carbocycles. The van der Waals surface area contributed by atoms with Gasteiger partial charge in [-0.2, -0.15) is 0 Å². The summed E-state index contributed by atoms with van der Waals surface area (Å²) < 4.78 is 1.44. The molecule has 0 aliphatic carbocycles. The zero-order chi connectivity index (χ0) is 17.0. The molecular weight excluding hydrogens is 298 g/mol. The number of carbonyl (C=O) groups excluding carboxylic acids is 1. The maximum Gasteiger partial charge on any atom is 0.305 e. The molecule has 2 N–H and O–H groups in total. The summed E-state index contributed by atoms with van der Waals surface area (Å²) in [6, 6.07) is 6.79. The van der Waals surface area contributed by atoms with Crippen LogP contribution in [0.1, 0.15) is 37.6 Å². The summed E-state index contributed by atoms with van der Waals surface area (Å²) in [6.07, 6.45) is 1.28. The zero-order valence-electron chi connectivity index (χ0n) is 13.2. The molecule has 0 aliphatic rings. The predicted molar refractivity (Wildman–Crippen MR) is 82.1 cm³/mol. The number of carbonyl (C=O) groups is 2. The van der Waals surface area contributed by atoms with Crippen molar-refractivity contribution in [3.05, 3.63) is 36.2 Å². The smallest absolute Gasteiger partial charge is 0.305 e. The molecule has 1 amide bonds. The zero-order valence-corrected chi connectivity index (χ0v) is 13.2. The van der Waals surface area contributed by atoms with Gasteiger partial charge in [0.15, 0.2) is 0 Å². The van der Waals surface area contributed by atoms with E-state index in [0.29, 0.717) is 11.3 Å². The lowest BCUT2D eigenvalue weighted by Gasteiger charge is -2.33. The van der Waals surface area contributed by atoms with Crippen LogP contribution in [-0.2, 0) is 4.79 Å². The Morgan fingerprint density at radius 2 is 2.13 bits per heavy atom. The van der Waals surface area contributed by atoms with Gasteiger partial charge in [0.1, 0.15) is 6.33 Å². The minimum Gasteiger partial charge on any atom is -0.481 e. The standard InChI is InChI=1S/C15H19N5O3/c1-10(2)15(3,8-13(21)22)17-14(23)11-5-4-6-12(7-11)20-9-16-18-19-20/h4-7,9-10H,8H2,1-3H3,(H,17,23)(H,21,22). The Bertz CT molecular complexity index is 699. The van der Waals surface area contributed by atoms with Crippen molar-refractivity contribution in [2.75, 3.05) is 0 Å². The maximum atomic E-state index is 12.5. The van der Waals surface area contributed by atoms with Gasteiger partial charge in [0.25, 0.3) is 5.91 Å². The van der Waals surface area contributed by atoms with E-state index in [2.05, 4.69) is 20.8 Å². The van der Waals surface area contributed by atoms with E-state index in [1.807, 2.05) is 13.8 Å². The monoisotopic (exact) mass is 317 g/mol. The van der Waals surface area contributed by atoms with Crippen LogP contribution < -0.4 is 5.32 Å². The topological polar surface area (TPSA) is 110 Å². The molecule has 0 saturated heterocycles. The third kappa shape index (κ3) is 3.91. The van der Waals surface area contributed by atoms with Crippen LogP contribution in [0.3, 0.4) is 0 Å². The summed E-state index contributed by atoms with van der Waals surface area (Å²) >= 11 is 0. The Labute approximate surface area is 133 Å². The lowest BCUT2D eigenvalue weighted by molar-refractivity contribution is -0.138. The average Bonchev–Trinajstić information content (AvgIpc) is 3.00. The number of aliphatic carboxylic acids is 1. The lowest BCUT2D eigenvalue weighted by atomic mass is 9.85. The Morgan fingerprint density at radius 1 is 1.39 bits per heavy atom. The van der Waals surface area contributed by atoms with Gasteiger partial charge in [-0.25, -0.2) is 4.68 Å². The van der Waals surface area contributed by atoms with E-state index in [-0.39, 0.29) is 18.2 Å². The van der Waals surface area contributed by atoms with Gasteiger partial charge in [-0.3, -0.25) is 9.59 Å². The second-order valence-electron chi connectivity index (χ2n) is 5.90. The second-order valence-corrected chi connectivity index (χ2v) is 5.90. The number of aromatic nitrogens is 4. The number of hydrogen-bond acceptors (Lipinski definition) is 5. The molecule has 2 aromatic rings. The number of carboxylic acid groups (broad SMARTS) is 1. The van der Waals surface area contributed by atoms with Gasteiger partial charge in [0, 0.05) is 5.56 Å². The van der Waals surface area contributed by atoms with Crippen LogP contribution in [0, 0.1) is 5.92 Å². The summed E-state index contributed by atoms with van der Waals surface area (Å²) in [4.78, 5) is 23.6. The largest absolute Gasteiger partial charge is 0.481 e. The highest BCUT2D eigenvalue weighted by Gasteiger charge is 2.33. The number of benzene rings is 1. The van der Waals surface area contributed by atoms with Crippen molar-refractivity contribution in [1.29, 1.82) is 0 Å². The van der Waals surface area contributed by atoms with Crippen LogP contribution in [0.2, 0.25) is 0 Å². The molecule has 8 heteroatoms. The van der Waals surface area contributed by atoms with Gasteiger partial charge in [-0.15, -0.1) is 5.10 Å². The molecule has 1 aromatic heterocycles. The fraction of sp³-hybridized carbons (Fsp3) is 0.400. The van der Waals surface area contributed by atoms with Crippen molar-refractivity contribution < 1.29 is 14.7 Å². The number of tetrazole rings is 1. The summed E-state index contributed by atoms with van der Waals surface area (Å²) in [5.41, 5.74) is 0.218. The van der Waals surface area contributed by atoms with E-state index in [1.165, 1.54) is 11.0 Å². The van der Waals surface area contributed by atoms with E-state index in [9.17, 15) is 9.59 Å². The van der Waals surface area contributed by atoms with Gasteiger partial charge in [0.05, 0.1) is 17.6 Å². The molecule has 8 nitrogen and oxygen atoms in total. The quantitative estimate of drug-likeness (QED) is 0.830. The Kier molecular flexibility index (Phi) is 4.73. The van der Waals surface area contributed by atoms with Crippen LogP contribution in [0.4, 0.5) is 0 Å². The Hall–Kier alpha value is -2.77. The molecule has 0 spiro atoms. The molecule has 1 heterocycles. The van der Waals surface area contributed by atoms with Crippen LogP contribution in [-0.4, -0.2) is 42.7 Å². The molecule has 1 atom stereocenters. The first-order chi connectivity index (χ1) is 10.8. The highest BCUT2D eigenvalue weighted by molar-refractivity contribution is 5.95. The molecular formula is C15H19N5O3. The summed E-state index contributed by atoms with van der Waals surface area (Å²) in [6.45, 7) is 5.48. The molecule has 2 rings (SSSR count). The molecule has 122 valence electrons. The minimum atomic E-state index is -0.955. The predicted octanol–water partition coefficient (Wildman–Crippen LogP) is 1.28. The first-order valence-corrected chi connectivity index (χ1v) is 7.19. The molecule has 23 heavy (non-hydrogen) atoms. The molecule has 1 unspecified atom stereocenters. The van der Waals surface area contributed by atoms with E-state index in [0.717, 1.165) is 0 Å². The van der Waals surface area contributed by atoms with Gasteiger partial charge < -0.3 is 10.4 Å². The molecule has 0 fully saturated rings. The molecule has 0 bridgehead atoms. The van der Waals surface area contributed by atoms with Crippen LogP contribution in [0.5, 0.6) is 0 Å². The fourth-order valence-electron chi connectivity index (χ4n) is 2.11. The van der Waals surface area contributed by atoms with Crippen molar-refractivity contribution in [1.82, 2.24) is 25.5 Å². The normalized spacial score (nSPS) is 13.6. The van der Waals surface area contributed by atoms with Crippen LogP contribution >= 0.6 is 0 Å². The van der Waals surface area contributed by atoms with E-state index in [1.54, 1.807) is 31.2 Å². The highest BCUT2D eigenvalue weighted by Crippen LogP contribution is 2.22. The van der Waals surface area contributed by atoms with Crippen molar-refractivity contribution >= 4 is 11.9 Å².